The molecule has 0 saturated carbocycles. The predicted molar refractivity (Wildman–Crippen MR) is 105 cm³/mol. The number of nitrogens with one attached hydrogen (secondary N) is 1. The summed E-state index contributed by atoms with van der Waals surface area (Å²) in [5.41, 5.74) is 2.21. The van der Waals surface area contributed by atoms with Crippen molar-refractivity contribution in [1.82, 2.24) is 0 Å². The lowest BCUT2D eigenvalue weighted by Gasteiger charge is -2.15. The van der Waals surface area contributed by atoms with Crippen LogP contribution in [0.5, 0.6) is 0 Å². The summed E-state index contributed by atoms with van der Waals surface area (Å²) in [6, 6.07) is 14.1. The molecule has 0 radical (unpaired) electrons. The Morgan fingerprint density at radius 3 is 2.65 bits per heavy atom. The van der Waals surface area contributed by atoms with Gasteiger partial charge < -0.3 is 5.32 Å². The van der Waals surface area contributed by atoms with E-state index in [4.69, 9.17) is 11.6 Å². The highest BCUT2D eigenvalue weighted by Gasteiger charge is 2.39. The van der Waals surface area contributed by atoms with Crippen LogP contribution in [-0.2, 0) is 14.4 Å². The molecule has 2 aromatic carbocycles. The topological polar surface area (TPSA) is 66.5 Å². The Morgan fingerprint density at radius 2 is 1.96 bits per heavy atom. The minimum absolute atomic E-state index is 0.0813. The maximum atomic E-state index is 12.6. The van der Waals surface area contributed by atoms with Crippen LogP contribution in [0.1, 0.15) is 12.0 Å². The smallest absolute Gasteiger partial charge is 0.247 e. The van der Waals surface area contributed by atoms with Crippen molar-refractivity contribution in [1.29, 1.82) is 0 Å². The fourth-order valence-electron chi connectivity index (χ4n) is 2.64. The molecule has 1 heterocycles. The van der Waals surface area contributed by atoms with Crippen molar-refractivity contribution >= 4 is 52.5 Å². The normalized spacial score (nSPS) is 16.8. The van der Waals surface area contributed by atoms with Gasteiger partial charge in [0.15, 0.2) is 0 Å². The van der Waals surface area contributed by atoms with E-state index in [0.717, 1.165) is 5.56 Å². The first-order chi connectivity index (χ1) is 12.4. The Balaban J connectivity index is 1.59. The van der Waals surface area contributed by atoms with Crippen LogP contribution in [0.25, 0.3) is 0 Å². The number of amides is 3. The molecule has 2 aromatic rings. The van der Waals surface area contributed by atoms with Crippen LogP contribution in [-0.4, -0.2) is 28.7 Å². The molecule has 1 saturated heterocycles. The maximum absolute atomic E-state index is 12.6. The van der Waals surface area contributed by atoms with Gasteiger partial charge in [-0.2, -0.15) is 0 Å². The lowest BCUT2D eigenvalue weighted by molar-refractivity contribution is -0.121. The third kappa shape index (κ3) is 4.26. The van der Waals surface area contributed by atoms with E-state index in [2.05, 4.69) is 5.32 Å². The molecule has 0 aromatic heterocycles. The molecule has 3 rings (SSSR count). The van der Waals surface area contributed by atoms with Gasteiger partial charge in [0.1, 0.15) is 0 Å². The van der Waals surface area contributed by atoms with Crippen LogP contribution in [0.2, 0.25) is 5.02 Å². The van der Waals surface area contributed by atoms with Crippen molar-refractivity contribution in [3.63, 3.8) is 0 Å². The minimum atomic E-state index is -0.547. The van der Waals surface area contributed by atoms with Crippen LogP contribution in [0.3, 0.4) is 0 Å². The first-order valence-corrected chi connectivity index (χ1v) is 9.47. The molecule has 134 valence electrons. The molecule has 1 atom stereocenters. The van der Waals surface area contributed by atoms with Crippen molar-refractivity contribution in [3.05, 3.63) is 59.1 Å². The van der Waals surface area contributed by atoms with Gasteiger partial charge in [-0.3, -0.25) is 14.4 Å². The molecule has 0 aliphatic carbocycles. The molecular weight excluding hydrogens is 372 g/mol. The molecule has 0 spiro atoms. The van der Waals surface area contributed by atoms with Gasteiger partial charge in [0.25, 0.3) is 0 Å². The zero-order valence-electron chi connectivity index (χ0n) is 14.1. The van der Waals surface area contributed by atoms with Crippen molar-refractivity contribution in [2.24, 2.45) is 0 Å². The quantitative estimate of drug-likeness (QED) is 0.794. The minimum Gasteiger partial charge on any atom is -0.325 e. The third-order valence-electron chi connectivity index (χ3n) is 3.92. The highest BCUT2D eigenvalue weighted by molar-refractivity contribution is 8.01. The molecule has 7 heteroatoms. The summed E-state index contributed by atoms with van der Waals surface area (Å²) in [6.07, 6.45) is 0.0990. The van der Waals surface area contributed by atoms with E-state index in [9.17, 15) is 14.4 Å². The van der Waals surface area contributed by atoms with Gasteiger partial charge in [-0.25, -0.2) is 4.90 Å². The van der Waals surface area contributed by atoms with E-state index in [1.54, 1.807) is 36.4 Å². The van der Waals surface area contributed by atoms with Crippen molar-refractivity contribution in [3.8, 4) is 0 Å². The number of benzene rings is 2. The van der Waals surface area contributed by atoms with E-state index in [1.807, 2.05) is 19.1 Å². The second-order valence-electron chi connectivity index (χ2n) is 5.97. The number of aryl methyl sites for hydroxylation is 1. The lowest BCUT2D eigenvalue weighted by atomic mass is 10.2. The SMILES string of the molecule is Cc1ccc(N2C(=O)C[C@@H](SCC(=O)Nc3cccc(Cl)c3)C2=O)cc1. The largest absolute Gasteiger partial charge is 0.325 e. The summed E-state index contributed by atoms with van der Waals surface area (Å²) < 4.78 is 0. The number of halogens is 1. The molecule has 0 unspecified atom stereocenters. The Kier molecular flexibility index (Phi) is 5.64. The van der Waals surface area contributed by atoms with Gasteiger partial charge >= 0.3 is 0 Å². The number of thioether (sulfide) groups is 1. The first kappa shape index (κ1) is 18.5. The number of rotatable bonds is 5. The van der Waals surface area contributed by atoms with E-state index >= 15 is 0 Å². The summed E-state index contributed by atoms with van der Waals surface area (Å²) in [7, 11) is 0. The zero-order chi connectivity index (χ0) is 18.7. The van der Waals surface area contributed by atoms with Crippen molar-refractivity contribution in [2.75, 3.05) is 16.0 Å². The van der Waals surface area contributed by atoms with Gasteiger partial charge in [-0.15, -0.1) is 11.8 Å². The van der Waals surface area contributed by atoms with E-state index in [-0.39, 0.29) is 29.9 Å². The molecule has 26 heavy (non-hydrogen) atoms. The summed E-state index contributed by atoms with van der Waals surface area (Å²) in [5.74, 6) is -0.685. The number of carbonyl (C=O) groups is 3. The maximum Gasteiger partial charge on any atom is 0.247 e. The molecular formula is C19H17ClN2O3S. The van der Waals surface area contributed by atoms with Gasteiger partial charge in [-0.1, -0.05) is 35.4 Å². The Bertz CT molecular complexity index is 854. The summed E-state index contributed by atoms with van der Waals surface area (Å²) in [5, 5.41) is 2.71. The average Bonchev–Trinajstić information content (AvgIpc) is 2.88. The van der Waals surface area contributed by atoms with E-state index < -0.39 is 5.25 Å². The molecule has 5 nitrogen and oxygen atoms in total. The monoisotopic (exact) mass is 388 g/mol. The molecule has 0 bridgehead atoms. The molecule has 1 fully saturated rings. The number of nitrogens with zero attached hydrogens (tertiary/aromatic N) is 1. The van der Waals surface area contributed by atoms with Crippen LogP contribution < -0.4 is 10.2 Å². The van der Waals surface area contributed by atoms with Crippen LogP contribution >= 0.6 is 23.4 Å². The van der Waals surface area contributed by atoms with E-state index in [1.165, 1.54) is 16.7 Å². The van der Waals surface area contributed by atoms with Crippen molar-refractivity contribution < 1.29 is 14.4 Å². The highest BCUT2D eigenvalue weighted by Crippen LogP contribution is 2.30. The van der Waals surface area contributed by atoms with Gasteiger partial charge in [0, 0.05) is 17.1 Å². The summed E-state index contributed by atoms with van der Waals surface area (Å²) in [6.45, 7) is 1.94. The summed E-state index contributed by atoms with van der Waals surface area (Å²) >= 11 is 7.06. The first-order valence-electron chi connectivity index (χ1n) is 8.04. The van der Waals surface area contributed by atoms with Crippen LogP contribution in [0, 0.1) is 6.92 Å². The van der Waals surface area contributed by atoms with Crippen molar-refractivity contribution in [2.45, 2.75) is 18.6 Å². The number of carbonyl (C=O) groups excluding carboxylic acids is 3. The summed E-state index contributed by atoms with van der Waals surface area (Å²) in [4.78, 5) is 38.1. The fourth-order valence-corrected chi connectivity index (χ4v) is 3.76. The van der Waals surface area contributed by atoms with Gasteiger partial charge in [-0.05, 0) is 37.3 Å². The predicted octanol–water partition coefficient (Wildman–Crippen LogP) is 3.65. The number of hydrogen-bond acceptors (Lipinski definition) is 4. The third-order valence-corrected chi connectivity index (χ3v) is 5.36. The van der Waals surface area contributed by atoms with Crippen LogP contribution in [0.4, 0.5) is 11.4 Å². The Labute approximate surface area is 160 Å². The Morgan fingerprint density at radius 1 is 1.23 bits per heavy atom. The number of hydrogen-bond donors (Lipinski definition) is 1. The number of anilines is 2. The van der Waals surface area contributed by atoms with Gasteiger partial charge in [0.05, 0.1) is 16.7 Å². The van der Waals surface area contributed by atoms with Crippen LogP contribution in [0.15, 0.2) is 48.5 Å². The molecule has 1 N–H and O–H groups in total. The van der Waals surface area contributed by atoms with E-state index in [0.29, 0.717) is 16.4 Å². The zero-order valence-corrected chi connectivity index (χ0v) is 15.6. The Hall–Kier alpha value is -2.31. The second-order valence-corrected chi connectivity index (χ2v) is 7.59. The average molecular weight is 389 g/mol. The molecule has 3 amide bonds. The highest BCUT2D eigenvalue weighted by atomic mass is 35.5. The lowest BCUT2D eigenvalue weighted by Crippen LogP contribution is -2.31. The fraction of sp³-hybridized carbons (Fsp3) is 0.211. The molecule has 1 aliphatic rings. The molecule has 1 aliphatic heterocycles. The standard InChI is InChI=1S/C19H17ClN2O3S/c1-12-5-7-15(8-6-12)22-18(24)10-16(19(22)25)26-11-17(23)21-14-4-2-3-13(20)9-14/h2-9,16H,10-11H2,1H3,(H,21,23)/t16-/m1/s1. The van der Waals surface area contributed by atoms with Gasteiger partial charge in [0.2, 0.25) is 17.7 Å². The second kappa shape index (κ2) is 7.93. The number of imide groups is 1.